The molecule has 8 heteroatoms. The number of aromatic nitrogens is 2. The van der Waals surface area contributed by atoms with Crippen molar-refractivity contribution in [2.24, 2.45) is 5.92 Å². The molecule has 0 spiro atoms. The molecule has 0 N–H and O–H groups in total. The number of nitrogens with zero attached hydrogens (tertiary/aromatic N) is 3. The topological polar surface area (TPSA) is 77.7 Å². The van der Waals surface area contributed by atoms with Crippen LogP contribution in [0.5, 0.6) is 5.75 Å². The number of hydrogen-bond donors (Lipinski definition) is 0. The molecule has 3 aromatic rings. The van der Waals surface area contributed by atoms with Gasteiger partial charge in [0.15, 0.2) is 0 Å². The van der Waals surface area contributed by atoms with Crippen molar-refractivity contribution < 1.29 is 18.7 Å². The Kier molecular flexibility index (Phi) is 6.01. The van der Waals surface area contributed by atoms with Crippen LogP contribution in [0.3, 0.4) is 0 Å². The molecule has 7 nitrogen and oxygen atoms in total. The second-order valence-corrected chi connectivity index (χ2v) is 7.62. The summed E-state index contributed by atoms with van der Waals surface area (Å²) >= 11 is 6.11. The molecule has 1 aliphatic rings. The highest BCUT2D eigenvalue weighted by Gasteiger charge is 2.40. The lowest BCUT2D eigenvalue weighted by Crippen LogP contribution is -2.29. The molecule has 4 rings (SSSR count). The molecule has 156 valence electrons. The molecule has 2 heterocycles. The van der Waals surface area contributed by atoms with Gasteiger partial charge in [-0.25, -0.2) is 0 Å². The van der Waals surface area contributed by atoms with Gasteiger partial charge in [0.2, 0.25) is 11.8 Å². The summed E-state index contributed by atoms with van der Waals surface area (Å²) in [6.45, 7) is 1.43. The highest BCUT2D eigenvalue weighted by Crippen LogP contribution is 2.35. The molecule has 0 bridgehead atoms. The van der Waals surface area contributed by atoms with Crippen molar-refractivity contribution in [1.29, 1.82) is 0 Å². The quantitative estimate of drug-likeness (QED) is 0.593. The zero-order valence-corrected chi connectivity index (χ0v) is 17.5. The van der Waals surface area contributed by atoms with Crippen LogP contribution < -0.4 is 4.74 Å². The Balaban J connectivity index is 1.59. The van der Waals surface area contributed by atoms with Gasteiger partial charge in [-0.05, 0) is 30.3 Å². The van der Waals surface area contributed by atoms with E-state index in [0.29, 0.717) is 47.8 Å². The van der Waals surface area contributed by atoms with Crippen LogP contribution in [0.1, 0.15) is 22.2 Å². The fourth-order valence-corrected chi connectivity index (χ4v) is 3.97. The Morgan fingerprint density at radius 2 is 1.97 bits per heavy atom. The number of carbonyl (C=O) groups excluding carboxylic acids is 1. The molecule has 2 aromatic carbocycles. The first-order valence-electron chi connectivity index (χ1n) is 9.61. The van der Waals surface area contributed by atoms with E-state index in [1.807, 2.05) is 30.3 Å². The number of amides is 1. The van der Waals surface area contributed by atoms with Gasteiger partial charge < -0.3 is 18.8 Å². The second kappa shape index (κ2) is 8.85. The van der Waals surface area contributed by atoms with Gasteiger partial charge in [0.25, 0.3) is 5.91 Å². The molecule has 1 aliphatic heterocycles. The van der Waals surface area contributed by atoms with Gasteiger partial charge >= 0.3 is 0 Å². The molecule has 30 heavy (non-hydrogen) atoms. The SMILES string of the molecule is COCC1CN(C(=O)c2cc(Cl)ccc2OC)CC1c1nnc(-c2ccccc2)o1. The van der Waals surface area contributed by atoms with Crippen LogP contribution in [0.2, 0.25) is 5.02 Å². The molecule has 1 amide bonds. The summed E-state index contributed by atoms with van der Waals surface area (Å²) in [4.78, 5) is 15.0. The zero-order chi connectivity index (χ0) is 21.1. The van der Waals surface area contributed by atoms with Gasteiger partial charge in [0, 0.05) is 36.7 Å². The van der Waals surface area contributed by atoms with Crippen LogP contribution >= 0.6 is 11.6 Å². The van der Waals surface area contributed by atoms with Crippen LogP contribution in [0.25, 0.3) is 11.5 Å². The maximum Gasteiger partial charge on any atom is 0.257 e. The molecular weight excluding hydrogens is 406 g/mol. The molecule has 2 unspecified atom stereocenters. The summed E-state index contributed by atoms with van der Waals surface area (Å²) in [6.07, 6.45) is 0. The van der Waals surface area contributed by atoms with Crippen LogP contribution in [0, 0.1) is 5.92 Å². The minimum atomic E-state index is -0.152. The molecule has 1 fully saturated rings. The Bertz CT molecular complexity index is 1020. The number of likely N-dealkylation sites (tertiary alicyclic amines) is 1. The van der Waals surface area contributed by atoms with E-state index in [-0.39, 0.29) is 17.7 Å². The standard InChI is InChI=1S/C22H22ClN3O4/c1-28-13-15-11-26(22(27)17-10-16(23)8-9-19(17)29-2)12-18(15)21-25-24-20(30-21)14-6-4-3-5-7-14/h3-10,15,18H,11-13H2,1-2H3. The van der Waals surface area contributed by atoms with E-state index in [9.17, 15) is 4.79 Å². The number of benzene rings is 2. The van der Waals surface area contributed by atoms with Crippen molar-refractivity contribution in [3.63, 3.8) is 0 Å². The molecule has 0 aliphatic carbocycles. The summed E-state index contributed by atoms with van der Waals surface area (Å²) in [5.74, 6) is 1.21. The second-order valence-electron chi connectivity index (χ2n) is 7.19. The van der Waals surface area contributed by atoms with Gasteiger partial charge in [0.1, 0.15) is 5.75 Å². The van der Waals surface area contributed by atoms with E-state index < -0.39 is 0 Å². The molecule has 1 saturated heterocycles. The third-order valence-corrected chi connectivity index (χ3v) is 5.51. The Hall–Kier alpha value is -2.90. The summed E-state index contributed by atoms with van der Waals surface area (Å²) in [6, 6.07) is 14.6. The normalized spacial score (nSPS) is 18.6. The average Bonchev–Trinajstić information content (AvgIpc) is 3.41. The van der Waals surface area contributed by atoms with Crippen LogP contribution in [-0.2, 0) is 4.74 Å². The Morgan fingerprint density at radius 1 is 1.17 bits per heavy atom. The minimum Gasteiger partial charge on any atom is -0.496 e. The zero-order valence-electron chi connectivity index (χ0n) is 16.7. The van der Waals surface area contributed by atoms with Crippen molar-refractivity contribution in [2.75, 3.05) is 33.9 Å². The van der Waals surface area contributed by atoms with Crippen molar-refractivity contribution in [1.82, 2.24) is 15.1 Å². The number of ether oxygens (including phenoxy) is 2. The monoisotopic (exact) mass is 427 g/mol. The van der Waals surface area contributed by atoms with Gasteiger partial charge in [-0.1, -0.05) is 29.8 Å². The fourth-order valence-electron chi connectivity index (χ4n) is 3.80. The number of rotatable bonds is 6. The van der Waals surface area contributed by atoms with Gasteiger partial charge in [-0.3, -0.25) is 4.79 Å². The molecular formula is C22H22ClN3O4. The highest BCUT2D eigenvalue weighted by molar-refractivity contribution is 6.31. The predicted molar refractivity (Wildman–Crippen MR) is 112 cm³/mol. The minimum absolute atomic E-state index is 0.0354. The van der Waals surface area contributed by atoms with E-state index in [1.165, 1.54) is 7.11 Å². The van der Waals surface area contributed by atoms with E-state index in [4.69, 9.17) is 25.5 Å². The van der Waals surface area contributed by atoms with E-state index in [0.717, 1.165) is 5.56 Å². The third-order valence-electron chi connectivity index (χ3n) is 5.28. The predicted octanol–water partition coefficient (Wildman–Crippen LogP) is 3.90. The molecule has 2 atom stereocenters. The summed E-state index contributed by atoms with van der Waals surface area (Å²) in [5, 5.41) is 8.94. The van der Waals surface area contributed by atoms with Crippen LogP contribution in [0.15, 0.2) is 52.9 Å². The average molecular weight is 428 g/mol. The first kappa shape index (κ1) is 20.4. The molecule has 0 saturated carbocycles. The molecule has 0 radical (unpaired) electrons. The highest BCUT2D eigenvalue weighted by atomic mass is 35.5. The van der Waals surface area contributed by atoms with Crippen molar-refractivity contribution in [3.8, 4) is 17.2 Å². The number of carbonyl (C=O) groups is 1. The van der Waals surface area contributed by atoms with Crippen molar-refractivity contribution in [2.45, 2.75) is 5.92 Å². The first-order chi connectivity index (χ1) is 14.6. The van der Waals surface area contributed by atoms with Gasteiger partial charge in [-0.2, -0.15) is 0 Å². The van der Waals surface area contributed by atoms with E-state index in [1.54, 1.807) is 30.2 Å². The lowest BCUT2D eigenvalue weighted by atomic mass is 9.97. The Morgan fingerprint density at radius 3 is 2.70 bits per heavy atom. The lowest BCUT2D eigenvalue weighted by molar-refractivity contribution is 0.0772. The van der Waals surface area contributed by atoms with Gasteiger partial charge in [-0.15, -0.1) is 10.2 Å². The first-order valence-corrected chi connectivity index (χ1v) is 9.99. The lowest BCUT2D eigenvalue weighted by Gasteiger charge is -2.18. The summed E-state index contributed by atoms with van der Waals surface area (Å²) in [5.41, 5.74) is 1.28. The number of halogens is 1. The van der Waals surface area contributed by atoms with Gasteiger partial charge in [0.05, 0.1) is 25.2 Å². The Labute approximate surface area is 179 Å². The smallest absolute Gasteiger partial charge is 0.257 e. The van der Waals surface area contributed by atoms with Crippen LogP contribution in [0.4, 0.5) is 0 Å². The summed E-state index contributed by atoms with van der Waals surface area (Å²) < 4.78 is 16.7. The largest absolute Gasteiger partial charge is 0.496 e. The van der Waals surface area contributed by atoms with E-state index >= 15 is 0 Å². The summed E-state index contributed by atoms with van der Waals surface area (Å²) in [7, 11) is 3.18. The third kappa shape index (κ3) is 4.04. The number of methoxy groups -OCH3 is 2. The van der Waals surface area contributed by atoms with Crippen LogP contribution in [-0.4, -0.2) is 54.9 Å². The van der Waals surface area contributed by atoms with Crippen molar-refractivity contribution >= 4 is 17.5 Å². The van der Waals surface area contributed by atoms with E-state index in [2.05, 4.69) is 10.2 Å². The maximum atomic E-state index is 13.2. The number of hydrogen-bond acceptors (Lipinski definition) is 6. The fraction of sp³-hybridized carbons (Fsp3) is 0.318. The maximum absolute atomic E-state index is 13.2. The molecule has 1 aromatic heterocycles. The van der Waals surface area contributed by atoms with Crippen molar-refractivity contribution in [3.05, 3.63) is 65.0 Å².